The molecule has 140 valence electrons. The highest BCUT2D eigenvalue weighted by molar-refractivity contribution is 6.00. The van der Waals surface area contributed by atoms with E-state index in [4.69, 9.17) is 10.5 Å². The van der Waals surface area contributed by atoms with Gasteiger partial charge in [-0.2, -0.15) is 0 Å². The molecule has 1 aliphatic rings. The number of benzene rings is 1. The molecular weight excluding hydrogens is 338 g/mol. The molecule has 2 unspecified atom stereocenters. The van der Waals surface area contributed by atoms with Gasteiger partial charge in [-0.1, -0.05) is 31.2 Å². The van der Waals surface area contributed by atoms with Crippen LogP contribution in [-0.4, -0.2) is 17.4 Å². The molecule has 3 rings (SSSR count). The lowest BCUT2D eigenvalue weighted by molar-refractivity contribution is 0.251. The second kappa shape index (κ2) is 8.08. The van der Waals surface area contributed by atoms with Crippen molar-refractivity contribution in [3.05, 3.63) is 81.8 Å². The monoisotopic (exact) mass is 363 g/mol. The van der Waals surface area contributed by atoms with Crippen molar-refractivity contribution in [3.63, 3.8) is 0 Å². The lowest BCUT2D eigenvalue weighted by Crippen LogP contribution is -2.26. The molecule has 0 fully saturated rings. The van der Waals surface area contributed by atoms with Crippen LogP contribution in [0.25, 0.3) is 0 Å². The summed E-state index contributed by atoms with van der Waals surface area (Å²) in [4.78, 5) is 19.2. The molecule has 0 bridgehead atoms. The van der Waals surface area contributed by atoms with E-state index in [1.807, 2.05) is 38.1 Å². The van der Waals surface area contributed by atoms with Crippen molar-refractivity contribution in [2.24, 2.45) is 22.6 Å². The van der Waals surface area contributed by atoms with E-state index in [-0.39, 0.29) is 11.4 Å². The van der Waals surface area contributed by atoms with Gasteiger partial charge >= 0.3 is 0 Å². The van der Waals surface area contributed by atoms with Crippen LogP contribution in [0.1, 0.15) is 23.6 Å². The first-order valence-corrected chi connectivity index (χ1v) is 9.07. The number of nitrogens with zero attached hydrogens (tertiary/aromatic N) is 1. The van der Waals surface area contributed by atoms with Gasteiger partial charge in [-0.15, -0.1) is 0 Å². The van der Waals surface area contributed by atoms with Gasteiger partial charge in [-0.25, -0.2) is 4.99 Å². The first-order valence-electron chi connectivity index (χ1n) is 9.07. The third-order valence-electron chi connectivity index (χ3n) is 4.96. The number of rotatable bonds is 5. The van der Waals surface area contributed by atoms with E-state index in [1.54, 1.807) is 6.20 Å². The van der Waals surface area contributed by atoms with E-state index < -0.39 is 0 Å². The molecule has 0 radical (unpaired) electrons. The average molecular weight is 363 g/mol. The molecule has 0 spiro atoms. The Kier molecular flexibility index (Phi) is 5.60. The lowest BCUT2D eigenvalue weighted by Gasteiger charge is -2.20. The molecule has 0 saturated heterocycles. The largest absolute Gasteiger partial charge is 0.493 e. The summed E-state index contributed by atoms with van der Waals surface area (Å²) >= 11 is 0. The van der Waals surface area contributed by atoms with E-state index >= 15 is 0 Å². The Balaban J connectivity index is 1.71. The summed E-state index contributed by atoms with van der Waals surface area (Å²) in [5, 5.41) is 0. The minimum Gasteiger partial charge on any atom is -0.493 e. The van der Waals surface area contributed by atoms with Crippen molar-refractivity contribution >= 4 is 11.5 Å². The number of nitrogens with two attached hydrogens (primary N) is 1. The topological polar surface area (TPSA) is 80.5 Å². The van der Waals surface area contributed by atoms with Gasteiger partial charge in [0.15, 0.2) is 0 Å². The molecule has 0 aliphatic heterocycles. The van der Waals surface area contributed by atoms with E-state index in [0.717, 1.165) is 16.9 Å². The fourth-order valence-electron chi connectivity index (χ4n) is 3.01. The van der Waals surface area contributed by atoms with Gasteiger partial charge < -0.3 is 15.5 Å². The molecule has 5 heteroatoms. The molecule has 3 N–H and O–H groups in total. The Labute approximate surface area is 159 Å². The van der Waals surface area contributed by atoms with Crippen molar-refractivity contribution in [3.8, 4) is 5.75 Å². The third kappa shape index (κ3) is 4.37. The Morgan fingerprint density at radius 3 is 2.59 bits per heavy atom. The zero-order valence-corrected chi connectivity index (χ0v) is 15.9. The summed E-state index contributed by atoms with van der Waals surface area (Å²) in [6, 6.07) is 7.40. The first kappa shape index (κ1) is 18.7. The van der Waals surface area contributed by atoms with E-state index in [2.05, 4.69) is 41.2 Å². The smallest absolute Gasteiger partial charge is 0.259 e. The fraction of sp³-hybridized carbons (Fsp3) is 0.273. The van der Waals surface area contributed by atoms with Crippen LogP contribution in [0.2, 0.25) is 0 Å². The van der Waals surface area contributed by atoms with Crippen molar-refractivity contribution in [1.29, 1.82) is 0 Å². The number of hydrogen-bond acceptors (Lipinski definition) is 3. The van der Waals surface area contributed by atoms with E-state index in [9.17, 15) is 4.79 Å². The lowest BCUT2D eigenvalue weighted by atomic mass is 9.91. The highest BCUT2D eigenvalue weighted by Gasteiger charge is 2.15. The van der Waals surface area contributed by atoms with Crippen LogP contribution in [0.15, 0.2) is 64.6 Å². The number of amidine groups is 1. The summed E-state index contributed by atoms with van der Waals surface area (Å²) < 4.78 is 5.89. The molecule has 0 saturated carbocycles. The molecule has 27 heavy (non-hydrogen) atoms. The molecule has 1 aromatic heterocycles. The number of pyridine rings is 1. The number of H-pyrrole nitrogens is 1. The van der Waals surface area contributed by atoms with Crippen LogP contribution >= 0.6 is 0 Å². The SMILES string of the molecule is Cc1c[nH]c(=O)c(C(N)=Nc2ccc(OCC3C=CC=CC3C)cc2)c1C. The maximum atomic E-state index is 12.1. The summed E-state index contributed by atoms with van der Waals surface area (Å²) in [5.41, 5.74) is 8.75. The van der Waals surface area contributed by atoms with Gasteiger partial charge in [0, 0.05) is 12.1 Å². The second-order valence-corrected chi connectivity index (χ2v) is 6.90. The molecule has 2 aromatic rings. The molecule has 1 aromatic carbocycles. The zero-order valence-electron chi connectivity index (χ0n) is 15.9. The van der Waals surface area contributed by atoms with Crippen LogP contribution in [0, 0.1) is 25.7 Å². The predicted octanol–water partition coefficient (Wildman–Crippen LogP) is 3.79. The normalized spacial score (nSPS) is 19.3. The highest BCUT2D eigenvalue weighted by atomic mass is 16.5. The number of ether oxygens (including phenoxy) is 1. The maximum Gasteiger partial charge on any atom is 0.259 e. The Bertz CT molecular complexity index is 953. The molecule has 0 amide bonds. The zero-order chi connectivity index (χ0) is 19.4. The Morgan fingerprint density at radius 1 is 1.19 bits per heavy atom. The van der Waals surface area contributed by atoms with Crippen molar-refractivity contribution < 1.29 is 4.74 Å². The molecule has 2 atom stereocenters. The van der Waals surface area contributed by atoms with Gasteiger partial charge in [-0.3, -0.25) is 4.79 Å². The van der Waals surface area contributed by atoms with Gasteiger partial charge in [0.2, 0.25) is 0 Å². The van der Waals surface area contributed by atoms with Crippen molar-refractivity contribution in [1.82, 2.24) is 4.98 Å². The minimum atomic E-state index is -0.233. The van der Waals surface area contributed by atoms with Crippen LogP contribution in [0.3, 0.4) is 0 Å². The summed E-state index contributed by atoms with van der Waals surface area (Å²) in [5.74, 6) is 1.83. The summed E-state index contributed by atoms with van der Waals surface area (Å²) in [6.07, 6.45) is 10.2. The van der Waals surface area contributed by atoms with E-state index in [1.165, 1.54) is 0 Å². The predicted molar refractivity (Wildman–Crippen MR) is 110 cm³/mol. The van der Waals surface area contributed by atoms with Gasteiger partial charge in [-0.05, 0) is 55.2 Å². The molecule has 1 heterocycles. The molecule has 5 nitrogen and oxygen atoms in total. The van der Waals surface area contributed by atoms with Gasteiger partial charge in [0.1, 0.15) is 11.6 Å². The second-order valence-electron chi connectivity index (χ2n) is 6.90. The Morgan fingerprint density at radius 2 is 1.89 bits per heavy atom. The summed E-state index contributed by atoms with van der Waals surface area (Å²) in [7, 11) is 0. The van der Waals surface area contributed by atoms with Crippen molar-refractivity contribution in [2.75, 3.05) is 6.61 Å². The first-order chi connectivity index (χ1) is 13.0. The third-order valence-corrected chi connectivity index (χ3v) is 4.96. The van der Waals surface area contributed by atoms with Crippen LogP contribution < -0.4 is 16.0 Å². The summed E-state index contributed by atoms with van der Waals surface area (Å²) in [6.45, 7) is 6.61. The van der Waals surface area contributed by atoms with Crippen LogP contribution in [0.5, 0.6) is 5.75 Å². The minimum absolute atomic E-state index is 0.207. The Hall–Kier alpha value is -3.08. The average Bonchev–Trinajstić information content (AvgIpc) is 2.66. The van der Waals surface area contributed by atoms with Crippen LogP contribution in [-0.2, 0) is 0 Å². The van der Waals surface area contributed by atoms with Gasteiger partial charge in [0.25, 0.3) is 5.56 Å². The number of aromatic amines is 1. The van der Waals surface area contributed by atoms with Crippen molar-refractivity contribution in [2.45, 2.75) is 20.8 Å². The highest BCUT2D eigenvalue weighted by Crippen LogP contribution is 2.23. The van der Waals surface area contributed by atoms with Crippen LogP contribution in [0.4, 0.5) is 5.69 Å². The number of allylic oxidation sites excluding steroid dienone is 3. The molecular formula is C22H25N3O2. The quantitative estimate of drug-likeness (QED) is 0.626. The molecule has 1 aliphatic carbocycles. The van der Waals surface area contributed by atoms with E-state index in [0.29, 0.717) is 29.7 Å². The van der Waals surface area contributed by atoms with Gasteiger partial charge in [0.05, 0.1) is 17.9 Å². The number of aliphatic imine (C=N–C) groups is 1. The number of hydrogen-bond donors (Lipinski definition) is 2. The fourth-order valence-corrected chi connectivity index (χ4v) is 3.01. The standard InChI is InChI=1S/C22H25N3O2/c1-14-6-4-5-7-17(14)13-27-19-10-8-18(9-11-19)25-21(23)20-16(3)15(2)12-24-22(20)26/h4-12,14,17H,13H2,1-3H3,(H2,23,25)(H,24,26). The number of aryl methyl sites for hydroxylation is 1. The number of aromatic nitrogens is 1. The maximum absolute atomic E-state index is 12.1. The number of nitrogens with one attached hydrogen (secondary N) is 1.